The van der Waals surface area contributed by atoms with Crippen LogP contribution in [0.15, 0.2) is 67.3 Å². The Kier molecular flexibility index (Phi) is 4.94. The highest BCUT2D eigenvalue weighted by atomic mass is 16.1. The van der Waals surface area contributed by atoms with Crippen LogP contribution in [0.25, 0.3) is 11.5 Å². The van der Waals surface area contributed by atoms with Crippen LogP contribution < -0.4 is 16.4 Å². The van der Waals surface area contributed by atoms with E-state index in [0.29, 0.717) is 23.3 Å². The van der Waals surface area contributed by atoms with E-state index in [1.54, 1.807) is 12.4 Å². The van der Waals surface area contributed by atoms with Crippen molar-refractivity contribution in [2.45, 2.75) is 18.9 Å². The second-order valence-electron chi connectivity index (χ2n) is 8.91. The Hall–Kier alpha value is -4.27. The highest BCUT2D eigenvalue weighted by molar-refractivity contribution is 5.80. The number of H-pyrrole nitrogens is 1. The molecular weight excluding hydrogens is 428 g/mol. The van der Waals surface area contributed by atoms with Gasteiger partial charge in [-0.05, 0) is 60.1 Å². The number of imidazole rings is 1. The Balaban J connectivity index is 1.23. The average Bonchev–Trinajstić information content (AvgIpc) is 3.57. The minimum absolute atomic E-state index is 0.0913. The van der Waals surface area contributed by atoms with Crippen molar-refractivity contribution in [2.24, 2.45) is 23.5 Å². The molecular formula is C25H24N8O. The average molecular weight is 453 g/mol. The molecule has 34 heavy (non-hydrogen) atoms. The summed E-state index contributed by atoms with van der Waals surface area (Å²) in [5.74, 6) is 1.64. The number of carbonyl (C=O) groups is 1. The Labute approximate surface area is 196 Å². The molecule has 1 aromatic heterocycles. The number of pyridine rings is 1. The molecule has 1 fully saturated rings. The topological polar surface area (TPSA) is 134 Å². The highest BCUT2D eigenvalue weighted by Crippen LogP contribution is 2.45. The summed E-state index contributed by atoms with van der Waals surface area (Å²) < 4.78 is 0. The van der Waals surface area contributed by atoms with E-state index in [-0.39, 0.29) is 29.7 Å². The molecule has 1 amide bonds. The van der Waals surface area contributed by atoms with Crippen LogP contribution >= 0.6 is 0 Å². The van der Waals surface area contributed by atoms with Gasteiger partial charge >= 0.3 is 0 Å². The van der Waals surface area contributed by atoms with E-state index in [1.165, 1.54) is 17.5 Å². The minimum atomic E-state index is -0.279. The van der Waals surface area contributed by atoms with Gasteiger partial charge in [-0.3, -0.25) is 9.78 Å². The number of primary amides is 1. The first-order valence-electron chi connectivity index (χ1n) is 11.3. The van der Waals surface area contributed by atoms with Crippen LogP contribution in [0.1, 0.15) is 17.5 Å². The molecule has 0 radical (unpaired) electrons. The lowest BCUT2D eigenvalue weighted by atomic mass is 9.88. The number of nitrogens with one attached hydrogen (secondary N) is 3. The van der Waals surface area contributed by atoms with Crippen molar-refractivity contribution in [1.82, 2.24) is 24.9 Å². The molecule has 6 rings (SSSR count). The zero-order chi connectivity index (χ0) is 23.1. The van der Waals surface area contributed by atoms with E-state index in [2.05, 4.69) is 59.8 Å². The maximum atomic E-state index is 12.1. The minimum Gasteiger partial charge on any atom is -0.369 e. The Morgan fingerprint density at radius 2 is 1.79 bits per heavy atom. The molecule has 4 unspecified atom stereocenters. The molecule has 9 heteroatoms. The molecule has 170 valence electrons. The molecule has 2 aliphatic heterocycles. The molecule has 2 bridgehead atoms. The van der Waals surface area contributed by atoms with Crippen molar-refractivity contribution >= 4 is 23.4 Å². The standard InChI is InChI=1S/C25H24N8O/c26-22(34)19-16-3-4-17(12-16)20(19)31-24-21-23(29-13-28-21)32-25(33-24)30-18-5-1-14(2-6-18)11-15-7-9-27-10-8-15/h1-10,13,16-17,19-20H,11-12H2,(H2,26,34)(H3,28,29,30,31,32,33). The molecule has 0 saturated heterocycles. The fourth-order valence-electron chi connectivity index (χ4n) is 5.15. The van der Waals surface area contributed by atoms with Crippen molar-refractivity contribution in [3.8, 4) is 11.5 Å². The van der Waals surface area contributed by atoms with Crippen molar-refractivity contribution in [3.63, 3.8) is 0 Å². The Bertz CT molecular complexity index is 1320. The van der Waals surface area contributed by atoms with Gasteiger partial charge in [-0.25, -0.2) is 9.97 Å². The number of nitrogens with two attached hydrogens (primary N) is 1. The largest absolute Gasteiger partial charge is 0.369 e. The van der Waals surface area contributed by atoms with Gasteiger partial charge in [0.15, 0.2) is 5.82 Å². The lowest BCUT2D eigenvalue weighted by Crippen LogP contribution is -2.41. The molecule has 9 nitrogen and oxygen atoms in total. The Morgan fingerprint density at radius 3 is 2.59 bits per heavy atom. The molecule has 0 spiro atoms. The van der Waals surface area contributed by atoms with Crippen LogP contribution in [0.4, 0.5) is 17.5 Å². The molecule has 2 aromatic rings. The third-order valence-corrected chi connectivity index (χ3v) is 6.75. The fraction of sp³-hybridized carbons (Fsp3) is 0.240. The van der Waals surface area contributed by atoms with Gasteiger partial charge in [-0.1, -0.05) is 24.3 Å². The summed E-state index contributed by atoms with van der Waals surface area (Å²) in [6.45, 7) is 0. The predicted octanol–water partition coefficient (Wildman–Crippen LogP) is 3.12. The summed E-state index contributed by atoms with van der Waals surface area (Å²) in [6.07, 6.45) is 11.2. The van der Waals surface area contributed by atoms with Gasteiger partial charge < -0.3 is 21.4 Å². The number of allylic oxidation sites excluding steroid dienone is 1. The zero-order valence-corrected chi connectivity index (χ0v) is 18.3. The maximum Gasteiger partial charge on any atom is 0.223 e. The number of aromatic nitrogens is 5. The van der Waals surface area contributed by atoms with Gasteiger partial charge in [0.05, 0.1) is 5.92 Å². The summed E-state index contributed by atoms with van der Waals surface area (Å²) in [5, 5.41) is 6.82. The molecule has 3 heterocycles. The number of hydrogen-bond acceptors (Lipinski definition) is 7. The number of fused-ring (bicyclic) bond motifs is 3. The van der Waals surface area contributed by atoms with Crippen LogP contribution in [-0.4, -0.2) is 36.9 Å². The summed E-state index contributed by atoms with van der Waals surface area (Å²) in [5.41, 5.74) is 9.68. The maximum absolute atomic E-state index is 12.1. The third kappa shape index (κ3) is 3.75. The van der Waals surface area contributed by atoms with E-state index < -0.39 is 0 Å². The van der Waals surface area contributed by atoms with Crippen LogP contribution in [0, 0.1) is 17.8 Å². The van der Waals surface area contributed by atoms with Gasteiger partial charge in [0.2, 0.25) is 11.9 Å². The second-order valence-corrected chi connectivity index (χ2v) is 8.91. The van der Waals surface area contributed by atoms with Crippen molar-refractivity contribution in [2.75, 3.05) is 10.6 Å². The molecule has 1 saturated carbocycles. The first-order valence-corrected chi connectivity index (χ1v) is 11.3. The normalized spacial score (nSPS) is 22.8. The van der Waals surface area contributed by atoms with Crippen LogP contribution in [0.2, 0.25) is 0 Å². The van der Waals surface area contributed by atoms with E-state index in [0.717, 1.165) is 18.5 Å². The number of carbonyl (C=O) groups excluding carboxylic acids is 1. The zero-order valence-electron chi connectivity index (χ0n) is 18.3. The third-order valence-electron chi connectivity index (χ3n) is 6.75. The van der Waals surface area contributed by atoms with Crippen LogP contribution in [0.3, 0.4) is 0 Å². The Morgan fingerprint density at radius 1 is 1.03 bits per heavy atom. The van der Waals surface area contributed by atoms with Crippen LogP contribution in [-0.2, 0) is 11.2 Å². The predicted molar refractivity (Wildman–Crippen MR) is 128 cm³/mol. The van der Waals surface area contributed by atoms with Gasteiger partial charge in [-0.15, -0.1) is 0 Å². The molecule has 5 N–H and O–H groups in total. The number of anilines is 3. The van der Waals surface area contributed by atoms with Gasteiger partial charge in [0.25, 0.3) is 0 Å². The van der Waals surface area contributed by atoms with Gasteiger partial charge in [0, 0.05) is 24.1 Å². The fourth-order valence-corrected chi connectivity index (χ4v) is 5.15. The van der Waals surface area contributed by atoms with Crippen LogP contribution in [0.5, 0.6) is 0 Å². The van der Waals surface area contributed by atoms with E-state index >= 15 is 0 Å². The van der Waals surface area contributed by atoms with Crippen molar-refractivity contribution in [3.05, 3.63) is 78.4 Å². The summed E-state index contributed by atoms with van der Waals surface area (Å²) in [4.78, 5) is 32.7. The van der Waals surface area contributed by atoms with E-state index in [9.17, 15) is 4.79 Å². The van der Waals surface area contributed by atoms with Gasteiger partial charge in [-0.2, -0.15) is 4.98 Å². The first-order chi connectivity index (χ1) is 16.6. The van der Waals surface area contributed by atoms with Crippen molar-refractivity contribution < 1.29 is 4.79 Å². The molecule has 1 aromatic carbocycles. The quantitative estimate of drug-likeness (QED) is 0.316. The first kappa shape index (κ1) is 20.3. The second kappa shape index (κ2) is 8.26. The number of rotatable bonds is 7. The molecule has 4 atom stereocenters. The SMILES string of the molecule is NC(=O)C1C2C=CC(C2)C1Nc1[nH]c(Nc2ccc(Cc3ccncc3)cc2)nc2ncnc1-2. The van der Waals surface area contributed by atoms with Crippen molar-refractivity contribution in [1.29, 1.82) is 0 Å². The smallest absolute Gasteiger partial charge is 0.223 e. The lowest BCUT2D eigenvalue weighted by molar-refractivity contribution is -0.122. The summed E-state index contributed by atoms with van der Waals surface area (Å²) >= 11 is 0. The number of aromatic amines is 1. The summed E-state index contributed by atoms with van der Waals surface area (Å²) in [6, 6.07) is 12.2. The highest BCUT2D eigenvalue weighted by Gasteiger charge is 2.47. The molecule has 2 aliphatic carbocycles. The number of amides is 1. The number of hydrogen-bond donors (Lipinski definition) is 4. The monoisotopic (exact) mass is 452 g/mol. The number of nitrogens with zero attached hydrogens (tertiary/aromatic N) is 4. The summed E-state index contributed by atoms with van der Waals surface area (Å²) in [7, 11) is 0. The van der Waals surface area contributed by atoms with E-state index in [4.69, 9.17) is 5.73 Å². The number of benzene rings is 1. The molecule has 4 aliphatic rings. The van der Waals surface area contributed by atoms with Gasteiger partial charge in [0.1, 0.15) is 17.8 Å². The lowest BCUT2D eigenvalue weighted by Gasteiger charge is -2.28. The van der Waals surface area contributed by atoms with E-state index in [1.807, 2.05) is 24.3 Å².